The molecule has 9 heteroatoms. The topological polar surface area (TPSA) is 85.3 Å². The number of likely N-dealkylation sites (tertiary alicyclic amines) is 1. The van der Waals surface area contributed by atoms with Crippen LogP contribution in [0.4, 0.5) is 8.78 Å². The van der Waals surface area contributed by atoms with Gasteiger partial charge in [-0.3, -0.25) is 4.79 Å². The van der Waals surface area contributed by atoms with Crippen LogP contribution in [-0.4, -0.2) is 39.2 Å². The molecule has 2 aromatic carbocycles. The Balaban J connectivity index is 1.22. The van der Waals surface area contributed by atoms with Crippen LogP contribution in [0.5, 0.6) is 0 Å². The molecule has 32 heavy (non-hydrogen) atoms. The summed E-state index contributed by atoms with van der Waals surface area (Å²) in [6.07, 6.45) is 1.33. The minimum absolute atomic E-state index is 0.0350. The van der Waals surface area contributed by atoms with E-state index >= 15 is 0 Å². The molecule has 0 spiro atoms. The monoisotopic (exact) mass is 436 g/mol. The summed E-state index contributed by atoms with van der Waals surface area (Å²) in [7, 11) is 0. The zero-order chi connectivity index (χ0) is 22.1. The van der Waals surface area contributed by atoms with Crippen LogP contribution in [0.3, 0.4) is 0 Å². The first-order chi connectivity index (χ1) is 15.6. The number of benzene rings is 2. The van der Waals surface area contributed by atoms with Crippen LogP contribution in [0.25, 0.3) is 22.7 Å². The van der Waals surface area contributed by atoms with Gasteiger partial charge in [0.05, 0.1) is 0 Å². The molecule has 3 heterocycles. The first kappa shape index (κ1) is 20.0. The molecule has 2 aromatic heterocycles. The highest BCUT2D eigenvalue weighted by molar-refractivity contribution is 5.93. The Morgan fingerprint density at radius 3 is 2.16 bits per heavy atom. The lowest BCUT2D eigenvalue weighted by molar-refractivity contribution is 0.0694. The molecule has 5 rings (SSSR count). The number of aromatic nitrogens is 3. The van der Waals surface area contributed by atoms with Gasteiger partial charge in [-0.25, -0.2) is 8.78 Å². The number of piperidine rings is 1. The van der Waals surface area contributed by atoms with Crippen molar-refractivity contribution in [2.24, 2.45) is 0 Å². The maximum absolute atomic E-state index is 13.1. The number of hydrogen-bond donors (Lipinski definition) is 0. The molecule has 1 saturated heterocycles. The summed E-state index contributed by atoms with van der Waals surface area (Å²) in [5.41, 5.74) is 1.53. The molecule has 0 aliphatic carbocycles. The maximum Gasteiger partial charge on any atom is 0.276 e. The molecule has 0 radical (unpaired) electrons. The average Bonchev–Trinajstić information content (AvgIpc) is 3.50. The molecule has 0 saturated carbocycles. The second-order valence-electron chi connectivity index (χ2n) is 7.61. The Hall–Kier alpha value is -3.88. The summed E-state index contributed by atoms with van der Waals surface area (Å²) in [5.74, 6) is 0.462. The average molecular weight is 436 g/mol. The van der Waals surface area contributed by atoms with Crippen LogP contribution in [0.1, 0.15) is 35.1 Å². The molecule has 1 fully saturated rings. The van der Waals surface area contributed by atoms with Crippen molar-refractivity contribution in [3.63, 3.8) is 0 Å². The number of carbonyl (C=O) groups excluding carboxylic acids is 1. The SMILES string of the molecule is O=C(c1cc(-c2ccc(F)cc2)on1)N1CCC(c2nc(-c3ccc(F)cc3)no2)CC1. The highest BCUT2D eigenvalue weighted by Crippen LogP contribution is 2.29. The van der Waals surface area contributed by atoms with Crippen molar-refractivity contribution in [1.29, 1.82) is 0 Å². The molecular weight excluding hydrogens is 418 g/mol. The van der Waals surface area contributed by atoms with E-state index in [-0.39, 0.29) is 29.2 Å². The van der Waals surface area contributed by atoms with Crippen LogP contribution < -0.4 is 0 Å². The van der Waals surface area contributed by atoms with Crippen molar-refractivity contribution >= 4 is 5.91 Å². The van der Waals surface area contributed by atoms with Gasteiger partial charge in [0.2, 0.25) is 11.7 Å². The molecule has 7 nitrogen and oxygen atoms in total. The van der Waals surface area contributed by atoms with Crippen molar-refractivity contribution in [2.45, 2.75) is 18.8 Å². The fourth-order valence-electron chi connectivity index (χ4n) is 3.73. The van der Waals surface area contributed by atoms with E-state index in [1.807, 2.05) is 0 Å². The fourth-order valence-corrected chi connectivity index (χ4v) is 3.73. The van der Waals surface area contributed by atoms with E-state index < -0.39 is 0 Å². The maximum atomic E-state index is 13.1. The van der Waals surface area contributed by atoms with Crippen LogP contribution in [0, 0.1) is 11.6 Å². The predicted molar refractivity (Wildman–Crippen MR) is 109 cm³/mol. The van der Waals surface area contributed by atoms with Crippen molar-refractivity contribution in [2.75, 3.05) is 13.1 Å². The Labute approximate surface area is 181 Å². The Kier molecular flexibility index (Phi) is 5.22. The second kappa shape index (κ2) is 8.33. The van der Waals surface area contributed by atoms with Gasteiger partial charge in [-0.2, -0.15) is 4.98 Å². The van der Waals surface area contributed by atoms with Crippen molar-refractivity contribution in [1.82, 2.24) is 20.2 Å². The smallest absolute Gasteiger partial charge is 0.276 e. The van der Waals surface area contributed by atoms with Gasteiger partial charge in [-0.15, -0.1) is 0 Å². The zero-order valence-electron chi connectivity index (χ0n) is 16.9. The predicted octanol–water partition coefficient (Wildman–Crippen LogP) is 4.69. The highest BCUT2D eigenvalue weighted by Gasteiger charge is 2.29. The summed E-state index contributed by atoms with van der Waals surface area (Å²) in [5, 5.41) is 7.88. The quantitative estimate of drug-likeness (QED) is 0.461. The number of carbonyl (C=O) groups is 1. The van der Waals surface area contributed by atoms with Gasteiger partial charge in [0.15, 0.2) is 11.5 Å². The summed E-state index contributed by atoms with van der Waals surface area (Å²) in [6.45, 7) is 1.02. The van der Waals surface area contributed by atoms with Gasteiger partial charge in [0, 0.05) is 36.2 Å². The summed E-state index contributed by atoms with van der Waals surface area (Å²) < 4.78 is 36.9. The van der Waals surface area contributed by atoms with E-state index in [0.717, 1.165) is 0 Å². The lowest BCUT2D eigenvalue weighted by Crippen LogP contribution is -2.38. The lowest BCUT2D eigenvalue weighted by Gasteiger charge is -2.29. The van der Waals surface area contributed by atoms with Gasteiger partial charge < -0.3 is 13.9 Å². The van der Waals surface area contributed by atoms with Crippen LogP contribution in [0.2, 0.25) is 0 Å². The highest BCUT2D eigenvalue weighted by atomic mass is 19.1. The zero-order valence-corrected chi connectivity index (χ0v) is 16.9. The number of rotatable bonds is 4. The molecular formula is C23H18F2N4O3. The van der Waals surface area contributed by atoms with Crippen molar-refractivity contribution in [3.8, 4) is 22.7 Å². The Morgan fingerprint density at radius 1 is 0.875 bits per heavy atom. The number of nitrogens with zero attached hydrogens (tertiary/aromatic N) is 4. The molecule has 0 atom stereocenters. The molecule has 4 aromatic rings. The number of amides is 1. The normalized spacial score (nSPS) is 14.6. The van der Waals surface area contributed by atoms with Gasteiger partial charge in [-0.1, -0.05) is 10.3 Å². The number of halogens is 2. The second-order valence-corrected chi connectivity index (χ2v) is 7.61. The third kappa shape index (κ3) is 4.01. The lowest BCUT2D eigenvalue weighted by atomic mass is 9.96. The summed E-state index contributed by atoms with van der Waals surface area (Å²) >= 11 is 0. The molecule has 1 amide bonds. The standard InChI is InChI=1S/C23H18F2N4O3/c24-17-5-1-14(2-6-17)20-13-19(27-31-20)23(30)29-11-9-16(10-12-29)22-26-21(28-32-22)15-3-7-18(25)8-4-15/h1-8,13,16H,9-12H2. The minimum Gasteiger partial charge on any atom is -0.355 e. The van der Waals surface area contributed by atoms with Crippen molar-refractivity contribution < 1.29 is 22.6 Å². The first-order valence-electron chi connectivity index (χ1n) is 10.2. The molecule has 0 bridgehead atoms. The summed E-state index contributed by atoms with van der Waals surface area (Å²) in [4.78, 5) is 19.0. The molecule has 1 aliphatic rings. The van der Waals surface area contributed by atoms with E-state index in [2.05, 4.69) is 15.3 Å². The Morgan fingerprint density at radius 2 is 1.50 bits per heavy atom. The third-order valence-electron chi connectivity index (χ3n) is 5.53. The molecule has 0 unspecified atom stereocenters. The summed E-state index contributed by atoms with van der Waals surface area (Å²) in [6, 6.07) is 13.2. The van der Waals surface area contributed by atoms with E-state index in [0.29, 0.717) is 54.5 Å². The van der Waals surface area contributed by atoms with E-state index in [9.17, 15) is 13.6 Å². The largest absolute Gasteiger partial charge is 0.355 e. The van der Waals surface area contributed by atoms with Crippen LogP contribution in [-0.2, 0) is 0 Å². The Bertz CT molecular complexity index is 1230. The fraction of sp³-hybridized carbons (Fsp3) is 0.217. The van der Waals surface area contributed by atoms with Gasteiger partial charge in [-0.05, 0) is 61.4 Å². The van der Waals surface area contributed by atoms with Crippen molar-refractivity contribution in [3.05, 3.63) is 77.8 Å². The van der Waals surface area contributed by atoms with Gasteiger partial charge >= 0.3 is 0 Å². The number of hydrogen-bond acceptors (Lipinski definition) is 6. The minimum atomic E-state index is -0.349. The third-order valence-corrected chi connectivity index (χ3v) is 5.53. The van der Waals surface area contributed by atoms with Gasteiger partial charge in [0.25, 0.3) is 5.91 Å². The molecule has 0 N–H and O–H groups in total. The van der Waals surface area contributed by atoms with Crippen LogP contribution in [0.15, 0.2) is 63.6 Å². The molecule has 1 aliphatic heterocycles. The van der Waals surface area contributed by atoms with E-state index in [4.69, 9.17) is 9.05 Å². The van der Waals surface area contributed by atoms with Gasteiger partial charge in [0.1, 0.15) is 11.6 Å². The van der Waals surface area contributed by atoms with E-state index in [1.165, 1.54) is 24.3 Å². The van der Waals surface area contributed by atoms with Crippen LogP contribution >= 0.6 is 0 Å². The first-order valence-corrected chi connectivity index (χ1v) is 10.2. The van der Waals surface area contributed by atoms with E-state index in [1.54, 1.807) is 35.2 Å². The molecule has 162 valence electrons.